The Morgan fingerprint density at radius 1 is 1.17 bits per heavy atom. The van der Waals surface area contributed by atoms with Gasteiger partial charge in [0.1, 0.15) is 0 Å². The Kier molecular flexibility index (Phi) is 1.76. The van der Waals surface area contributed by atoms with Crippen LogP contribution >= 0.6 is 0 Å². The van der Waals surface area contributed by atoms with Gasteiger partial charge in [0.25, 0.3) is 0 Å². The van der Waals surface area contributed by atoms with E-state index < -0.39 is 0 Å². The summed E-state index contributed by atoms with van der Waals surface area (Å²) < 4.78 is 0. The van der Waals surface area contributed by atoms with Crippen molar-refractivity contribution in [2.45, 2.75) is 46.0 Å². The topological polar surface area (TPSA) is 26.0 Å². The SMILES string of the molecule is CC(C)CCC12CC(CN)(C1)C2. The molecule has 0 aromatic heterocycles. The maximum atomic E-state index is 5.72. The standard InChI is InChI=1S/C11H21N/c1-9(2)3-4-10-5-11(6-10,7-10)8-12/h9H,3-8,12H2,1-2H3. The first kappa shape index (κ1) is 8.55. The molecule has 0 aromatic rings. The molecule has 0 saturated heterocycles. The van der Waals surface area contributed by atoms with Crippen molar-refractivity contribution in [1.82, 2.24) is 0 Å². The molecule has 2 N–H and O–H groups in total. The second-order valence-corrected chi connectivity index (χ2v) is 5.67. The first-order valence-corrected chi connectivity index (χ1v) is 5.30. The van der Waals surface area contributed by atoms with Crippen molar-refractivity contribution in [2.24, 2.45) is 22.5 Å². The highest BCUT2D eigenvalue weighted by Gasteiger charge is 2.65. The third-order valence-electron chi connectivity index (χ3n) is 3.94. The lowest BCUT2D eigenvalue weighted by atomic mass is 9.34. The highest BCUT2D eigenvalue weighted by molar-refractivity contribution is 5.17. The minimum absolute atomic E-state index is 0.636. The predicted molar refractivity (Wildman–Crippen MR) is 51.8 cm³/mol. The van der Waals surface area contributed by atoms with Crippen molar-refractivity contribution in [3.05, 3.63) is 0 Å². The molecule has 2 bridgehead atoms. The van der Waals surface area contributed by atoms with Crippen LogP contribution in [0, 0.1) is 16.7 Å². The van der Waals surface area contributed by atoms with E-state index in [-0.39, 0.29) is 0 Å². The summed E-state index contributed by atoms with van der Waals surface area (Å²) >= 11 is 0. The van der Waals surface area contributed by atoms with E-state index in [9.17, 15) is 0 Å². The molecule has 0 atom stereocenters. The van der Waals surface area contributed by atoms with Crippen LogP contribution in [0.25, 0.3) is 0 Å². The summed E-state index contributed by atoms with van der Waals surface area (Å²) in [6.07, 6.45) is 7.22. The van der Waals surface area contributed by atoms with Crippen molar-refractivity contribution >= 4 is 0 Å². The van der Waals surface area contributed by atoms with Gasteiger partial charge in [0.2, 0.25) is 0 Å². The van der Waals surface area contributed by atoms with Crippen molar-refractivity contribution < 1.29 is 0 Å². The van der Waals surface area contributed by atoms with Gasteiger partial charge in [-0.3, -0.25) is 0 Å². The molecule has 3 aliphatic carbocycles. The van der Waals surface area contributed by atoms with E-state index in [0.717, 1.165) is 17.9 Å². The van der Waals surface area contributed by atoms with Crippen LogP contribution in [0.2, 0.25) is 0 Å². The van der Waals surface area contributed by atoms with Gasteiger partial charge < -0.3 is 5.73 Å². The van der Waals surface area contributed by atoms with Gasteiger partial charge in [-0.05, 0) is 49.0 Å². The van der Waals surface area contributed by atoms with E-state index in [4.69, 9.17) is 5.73 Å². The Morgan fingerprint density at radius 2 is 1.75 bits per heavy atom. The molecule has 0 aliphatic heterocycles. The molecular weight excluding hydrogens is 146 g/mol. The van der Waals surface area contributed by atoms with Crippen molar-refractivity contribution in [1.29, 1.82) is 0 Å². The predicted octanol–water partition coefficient (Wildman–Crippen LogP) is 2.55. The lowest BCUT2D eigenvalue weighted by Crippen LogP contribution is -2.64. The van der Waals surface area contributed by atoms with Gasteiger partial charge in [0.05, 0.1) is 0 Å². The summed E-state index contributed by atoms with van der Waals surface area (Å²) in [5.41, 5.74) is 7.14. The van der Waals surface area contributed by atoms with E-state index in [2.05, 4.69) is 13.8 Å². The average molecular weight is 167 g/mol. The fourth-order valence-corrected chi connectivity index (χ4v) is 3.31. The summed E-state index contributed by atoms with van der Waals surface area (Å²) in [5.74, 6) is 0.882. The van der Waals surface area contributed by atoms with Gasteiger partial charge in [-0.2, -0.15) is 0 Å². The van der Waals surface area contributed by atoms with Crippen molar-refractivity contribution in [3.8, 4) is 0 Å². The summed E-state index contributed by atoms with van der Waals surface area (Å²) in [5, 5.41) is 0. The second-order valence-electron chi connectivity index (χ2n) is 5.67. The molecule has 0 spiro atoms. The van der Waals surface area contributed by atoms with Crippen LogP contribution in [-0.4, -0.2) is 6.54 Å². The number of rotatable bonds is 4. The van der Waals surface area contributed by atoms with E-state index in [1.165, 1.54) is 32.1 Å². The van der Waals surface area contributed by atoms with E-state index in [1.807, 2.05) is 0 Å². The van der Waals surface area contributed by atoms with Crippen LogP contribution < -0.4 is 5.73 Å². The minimum atomic E-state index is 0.636. The molecule has 3 aliphatic rings. The maximum Gasteiger partial charge on any atom is -0.00199 e. The monoisotopic (exact) mass is 167 g/mol. The maximum absolute atomic E-state index is 5.72. The Bertz CT molecular complexity index is 164. The van der Waals surface area contributed by atoms with E-state index in [1.54, 1.807) is 0 Å². The highest BCUT2D eigenvalue weighted by atomic mass is 14.8. The van der Waals surface area contributed by atoms with Gasteiger partial charge in [-0.1, -0.05) is 20.3 Å². The lowest BCUT2D eigenvalue weighted by Gasteiger charge is -2.71. The lowest BCUT2D eigenvalue weighted by molar-refractivity contribution is -0.201. The summed E-state index contributed by atoms with van der Waals surface area (Å²) in [6, 6.07) is 0. The molecule has 70 valence electrons. The molecule has 0 aromatic carbocycles. The van der Waals surface area contributed by atoms with Crippen molar-refractivity contribution in [2.75, 3.05) is 6.54 Å². The van der Waals surface area contributed by atoms with Crippen LogP contribution in [0.5, 0.6) is 0 Å². The van der Waals surface area contributed by atoms with Gasteiger partial charge in [0, 0.05) is 0 Å². The minimum Gasteiger partial charge on any atom is -0.330 e. The third-order valence-corrected chi connectivity index (χ3v) is 3.94. The molecular formula is C11H21N. The summed E-state index contributed by atoms with van der Waals surface area (Å²) in [7, 11) is 0. The van der Waals surface area contributed by atoms with E-state index >= 15 is 0 Å². The van der Waals surface area contributed by atoms with Crippen LogP contribution in [-0.2, 0) is 0 Å². The average Bonchev–Trinajstić information content (AvgIpc) is 1.82. The summed E-state index contributed by atoms with van der Waals surface area (Å²) in [4.78, 5) is 0. The zero-order valence-electron chi connectivity index (χ0n) is 8.40. The fourth-order valence-electron chi connectivity index (χ4n) is 3.31. The fraction of sp³-hybridized carbons (Fsp3) is 1.00. The largest absolute Gasteiger partial charge is 0.330 e. The van der Waals surface area contributed by atoms with Crippen molar-refractivity contribution in [3.63, 3.8) is 0 Å². The number of hydrogen-bond donors (Lipinski definition) is 1. The number of nitrogens with two attached hydrogens (primary N) is 1. The Labute approximate surface area is 75.7 Å². The Morgan fingerprint density at radius 3 is 2.17 bits per heavy atom. The molecule has 0 unspecified atom stereocenters. The second kappa shape index (κ2) is 2.47. The molecule has 3 saturated carbocycles. The smallest absolute Gasteiger partial charge is 0.00199 e. The zero-order chi connectivity index (χ0) is 8.82. The molecule has 12 heavy (non-hydrogen) atoms. The number of hydrogen-bond acceptors (Lipinski definition) is 1. The normalized spacial score (nSPS) is 44.0. The Hall–Kier alpha value is -0.0400. The van der Waals surface area contributed by atoms with Gasteiger partial charge in [-0.15, -0.1) is 0 Å². The van der Waals surface area contributed by atoms with Crippen LogP contribution in [0.3, 0.4) is 0 Å². The highest BCUT2D eigenvalue weighted by Crippen LogP contribution is 2.74. The van der Waals surface area contributed by atoms with E-state index in [0.29, 0.717) is 5.41 Å². The molecule has 3 fully saturated rings. The summed E-state index contributed by atoms with van der Waals surface area (Å²) in [6.45, 7) is 5.59. The Balaban J connectivity index is 1.74. The molecule has 1 heteroatoms. The first-order valence-electron chi connectivity index (χ1n) is 5.30. The first-order chi connectivity index (χ1) is 5.60. The van der Waals surface area contributed by atoms with Gasteiger partial charge in [0.15, 0.2) is 0 Å². The molecule has 0 heterocycles. The van der Waals surface area contributed by atoms with Crippen LogP contribution in [0.1, 0.15) is 46.0 Å². The third kappa shape index (κ3) is 1.10. The van der Waals surface area contributed by atoms with Crippen LogP contribution in [0.4, 0.5) is 0 Å². The van der Waals surface area contributed by atoms with Gasteiger partial charge in [-0.25, -0.2) is 0 Å². The quantitative estimate of drug-likeness (QED) is 0.684. The molecule has 3 rings (SSSR count). The van der Waals surface area contributed by atoms with Crippen LogP contribution in [0.15, 0.2) is 0 Å². The zero-order valence-corrected chi connectivity index (χ0v) is 8.40. The van der Waals surface area contributed by atoms with Gasteiger partial charge >= 0.3 is 0 Å². The molecule has 0 amide bonds. The molecule has 0 radical (unpaired) electrons. The molecule has 1 nitrogen and oxygen atoms in total.